The van der Waals surface area contributed by atoms with E-state index in [9.17, 15) is 15.2 Å². The third kappa shape index (κ3) is 2.19. The fourth-order valence-corrected chi connectivity index (χ4v) is 3.39. The summed E-state index contributed by atoms with van der Waals surface area (Å²) < 4.78 is 0. The van der Waals surface area contributed by atoms with E-state index >= 15 is 0 Å². The van der Waals surface area contributed by atoms with Gasteiger partial charge in [-0.25, -0.2) is 5.21 Å². The Hall–Kier alpha value is -2.99. The highest BCUT2D eigenvalue weighted by Crippen LogP contribution is 2.40. The number of rotatable bonds is 2. The summed E-state index contributed by atoms with van der Waals surface area (Å²) in [4.78, 5) is 15.6. The van der Waals surface area contributed by atoms with E-state index in [1.165, 1.54) is 11.6 Å². The second-order valence-electron chi connectivity index (χ2n) is 5.84. The first kappa shape index (κ1) is 14.6. The van der Waals surface area contributed by atoms with Gasteiger partial charge < -0.3 is 10.4 Å². The van der Waals surface area contributed by atoms with Crippen LogP contribution in [-0.2, 0) is 6.42 Å². The van der Waals surface area contributed by atoms with Crippen molar-refractivity contribution < 1.29 is 15.2 Å². The van der Waals surface area contributed by atoms with E-state index in [-0.39, 0.29) is 22.4 Å². The zero-order chi connectivity index (χ0) is 16.7. The molecule has 3 N–H and O–H groups in total. The number of phenolic OH excluding ortho intramolecular Hbond substituents is 1. The normalized spacial score (nSPS) is 16.8. The van der Waals surface area contributed by atoms with Crippen molar-refractivity contribution in [2.24, 2.45) is 0 Å². The van der Waals surface area contributed by atoms with Gasteiger partial charge in [-0.05, 0) is 29.7 Å². The highest BCUT2D eigenvalue weighted by atomic mass is 16.6. The van der Waals surface area contributed by atoms with Crippen LogP contribution in [0.4, 0.5) is 5.69 Å². The lowest BCUT2D eigenvalue weighted by Gasteiger charge is -2.27. The van der Waals surface area contributed by atoms with Crippen molar-refractivity contribution in [2.45, 2.75) is 12.5 Å². The van der Waals surface area contributed by atoms with Gasteiger partial charge in [0.25, 0.3) is 4.92 Å². The first-order chi connectivity index (χ1) is 11.7. The largest absolute Gasteiger partial charge is 0.505 e. The molecule has 2 aromatic carbocycles. The Morgan fingerprint density at radius 2 is 2.00 bits per heavy atom. The molecule has 0 saturated carbocycles. The third-order valence-corrected chi connectivity index (χ3v) is 4.50. The van der Waals surface area contributed by atoms with Crippen LogP contribution < -0.4 is 5.32 Å². The second-order valence-corrected chi connectivity index (χ2v) is 5.84. The molecule has 2 heterocycles. The van der Waals surface area contributed by atoms with Crippen molar-refractivity contribution in [2.75, 3.05) is 6.54 Å². The van der Waals surface area contributed by atoms with Gasteiger partial charge in [0.2, 0.25) is 0 Å². The van der Waals surface area contributed by atoms with Crippen LogP contribution in [0, 0.1) is 4.91 Å². The number of pyridine rings is 1. The van der Waals surface area contributed by atoms with Crippen molar-refractivity contribution in [3.8, 4) is 5.75 Å². The van der Waals surface area contributed by atoms with Gasteiger partial charge in [-0.2, -0.15) is 0 Å². The quantitative estimate of drug-likeness (QED) is 0.632. The molecule has 0 bridgehead atoms. The molecule has 3 aromatic rings. The Morgan fingerprint density at radius 3 is 2.83 bits per heavy atom. The molecule has 24 heavy (non-hydrogen) atoms. The van der Waals surface area contributed by atoms with Gasteiger partial charge in [0.05, 0.1) is 16.3 Å². The first-order valence-corrected chi connectivity index (χ1v) is 7.74. The van der Waals surface area contributed by atoms with Crippen LogP contribution in [0.5, 0.6) is 5.75 Å². The molecular weight excluding hydrogens is 306 g/mol. The molecule has 120 valence electrons. The monoisotopic (exact) mass is 322 g/mol. The highest BCUT2D eigenvalue weighted by molar-refractivity contribution is 5.93. The summed E-state index contributed by atoms with van der Waals surface area (Å²) in [5.41, 5.74) is 3.14. The van der Waals surface area contributed by atoms with Crippen LogP contribution >= 0.6 is 0 Å². The van der Waals surface area contributed by atoms with Gasteiger partial charge in [0.1, 0.15) is 11.3 Å². The predicted octanol–water partition coefficient (Wildman–Crippen LogP) is 2.98. The Morgan fingerprint density at radius 1 is 1.17 bits per heavy atom. The van der Waals surface area contributed by atoms with Crippen LogP contribution in [0.25, 0.3) is 10.9 Å². The zero-order valence-corrected chi connectivity index (χ0v) is 12.8. The molecule has 1 atom stereocenters. The fourth-order valence-electron chi connectivity index (χ4n) is 3.39. The lowest BCUT2D eigenvalue weighted by atomic mass is 9.88. The number of hydrogen-bond donors (Lipinski definition) is 3. The van der Waals surface area contributed by atoms with Crippen molar-refractivity contribution in [3.63, 3.8) is 0 Å². The number of fused-ring (bicyclic) bond motifs is 2. The Balaban J connectivity index is 1.99. The maximum Gasteiger partial charge on any atom is 0.326 e. The van der Waals surface area contributed by atoms with E-state index in [1.807, 2.05) is 18.2 Å². The van der Waals surface area contributed by atoms with Gasteiger partial charge in [-0.15, -0.1) is 0 Å². The molecule has 1 unspecified atom stereocenters. The molecular formula is C18H16N3O3+. The maximum atomic E-state index is 11.6. The van der Waals surface area contributed by atoms with Gasteiger partial charge >= 0.3 is 5.69 Å². The molecule has 1 aliphatic rings. The number of aromatic hydroxyl groups is 1. The van der Waals surface area contributed by atoms with Crippen LogP contribution in [0.1, 0.15) is 22.7 Å². The number of aromatic nitrogens is 1. The summed E-state index contributed by atoms with van der Waals surface area (Å²) in [6.45, 7) is 0.761. The molecule has 0 fully saturated rings. The van der Waals surface area contributed by atoms with E-state index in [1.54, 1.807) is 18.3 Å². The van der Waals surface area contributed by atoms with Crippen molar-refractivity contribution in [1.29, 1.82) is 0 Å². The number of benzene rings is 2. The minimum Gasteiger partial charge on any atom is -0.505 e. The standard InChI is InChI=1S/C18H15N3O3/c22-18-14(16-12-5-2-1-4-11(12)7-9-20-16)10-15(21(23)24)13-6-3-8-19-17(13)18/h1-6,8,10,16,20H,7,9H2,(H-,22,23,24)/p+1. The zero-order valence-electron chi connectivity index (χ0n) is 12.8. The van der Waals surface area contributed by atoms with E-state index < -0.39 is 0 Å². The minimum absolute atomic E-state index is 0.0189. The lowest BCUT2D eigenvalue weighted by Crippen LogP contribution is -2.30. The van der Waals surface area contributed by atoms with Gasteiger partial charge in [0, 0.05) is 24.4 Å². The third-order valence-electron chi connectivity index (χ3n) is 4.50. The molecule has 0 spiro atoms. The molecule has 6 heteroatoms. The molecule has 0 amide bonds. The predicted molar refractivity (Wildman–Crippen MR) is 88.5 cm³/mol. The average Bonchev–Trinajstić information content (AvgIpc) is 2.62. The van der Waals surface area contributed by atoms with Gasteiger partial charge in [0.15, 0.2) is 0 Å². The smallest absolute Gasteiger partial charge is 0.326 e. The summed E-state index contributed by atoms with van der Waals surface area (Å²) >= 11 is 0. The average molecular weight is 322 g/mol. The summed E-state index contributed by atoms with van der Waals surface area (Å²) in [5, 5.41) is 24.0. The number of nitrogens with zero attached hydrogens (tertiary/aromatic N) is 2. The van der Waals surface area contributed by atoms with Crippen LogP contribution in [-0.4, -0.2) is 26.8 Å². The summed E-state index contributed by atoms with van der Waals surface area (Å²) in [6, 6.07) is 12.6. The van der Waals surface area contributed by atoms with Crippen molar-refractivity contribution in [1.82, 2.24) is 10.3 Å². The highest BCUT2D eigenvalue weighted by Gasteiger charge is 2.29. The van der Waals surface area contributed by atoms with E-state index in [0.29, 0.717) is 16.5 Å². The molecule has 1 aromatic heterocycles. The molecule has 4 rings (SSSR count). The van der Waals surface area contributed by atoms with Gasteiger partial charge in [-0.3, -0.25) is 4.98 Å². The summed E-state index contributed by atoms with van der Waals surface area (Å²) in [6.07, 6.45) is 2.45. The Bertz CT molecular complexity index is 955. The molecule has 6 nitrogen and oxygen atoms in total. The first-order valence-electron chi connectivity index (χ1n) is 7.74. The van der Waals surface area contributed by atoms with Crippen LogP contribution in [0.3, 0.4) is 0 Å². The lowest BCUT2D eigenvalue weighted by molar-refractivity contribution is -0.728. The number of hydrogen-bond acceptors (Lipinski definition) is 4. The van der Waals surface area contributed by atoms with E-state index in [0.717, 1.165) is 18.5 Å². The fraction of sp³-hybridized carbons (Fsp3) is 0.167. The maximum absolute atomic E-state index is 11.6. The second kappa shape index (κ2) is 5.58. The van der Waals surface area contributed by atoms with Gasteiger partial charge in [-0.1, -0.05) is 24.3 Å². The van der Waals surface area contributed by atoms with Crippen molar-refractivity contribution in [3.05, 3.63) is 70.3 Å². The number of nitrogens with one attached hydrogen (secondary N) is 1. The Kier molecular flexibility index (Phi) is 3.39. The molecule has 0 saturated heterocycles. The van der Waals surface area contributed by atoms with Crippen LogP contribution in [0.15, 0.2) is 48.7 Å². The number of phenols is 1. The molecule has 0 aliphatic carbocycles. The Labute approximate surface area is 137 Å². The van der Waals surface area contributed by atoms with E-state index in [2.05, 4.69) is 16.4 Å². The molecule has 1 aliphatic heterocycles. The SMILES string of the molecule is O=[N+](O)c1cc(C2NCCc3ccccc32)c(O)c2ncccc12. The summed E-state index contributed by atoms with van der Waals surface area (Å²) in [5.74, 6) is 0.0189. The molecule has 0 radical (unpaired) electrons. The van der Waals surface area contributed by atoms with Crippen molar-refractivity contribution >= 4 is 16.6 Å². The van der Waals surface area contributed by atoms with Crippen LogP contribution in [0.2, 0.25) is 0 Å². The summed E-state index contributed by atoms with van der Waals surface area (Å²) in [7, 11) is 0. The topological polar surface area (TPSA) is 85.5 Å². The van der Waals surface area contributed by atoms with E-state index in [4.69, 9.17) is 0 Å². The minimum atomic E-state index is -0.264.